The van der Waals surface area contributed by atoms with Gasteiger partial charge in [0.2, 0.25) is 5.91 Å². The molecule has 0 radical (unpaired) electrons. The van der Waals surface area contributed by atoms with Crippen molar-refractivity contribution >= 4 is 5.91 Å². The van der Waals surface area contributed by atoms with Crippen molar-refractivity contribution < 1.29 is 9.53 Å². The van der Waals surface area contributed by atoms with Crippen molar-refractivity contribution in [1.82, 2.24) is 4.90 Å². The molecule has 1 saturated heterocycles. The Morgan fingerprint density at radius 2 is 2.31 bits per heavy atom. The van der Waals surface area contributed by atoms with Gasteiger partial charge >= 0.3 is 0 Å². The van der Waals surface area contributed by atoms with Gasteiger partial charge in [0, 0.05) is 26.1 Å². The molecular weight excluding hydrogens is 168 g/mol. The van der Waals surface area contributed by atoms with Crippen LogP contribution in [0.25, 0.3) is 0 Å². The molecular formula is C9H18N2O2. The maximum Gasteiger partial charge on any atom is 0.236 e. The number of hydrogen-bond acceptors (Lipinski definition) is 3. The first-order valence-corrected chi connectivity index (χ1v) is 4.65. The third-order valence-corrected chi connectivity index (χ3v) is 2.68. The Bertz CT molecular complexity index is 184. The molecule has 0 aromatic carbocycles. The lowest BCUT2D eigenvalue weighted by molar-refractivity contribution is -0.128. The molecule has 1 aliphatic rings. The van der Waals surface area contributed by atoms with Crippen LogP contribution in [0.4, 0.5) is 0 Å². The molecule has 1 rings (SSSR count). The summed E-state index contributed by atoms with van der Waals surface area (Å²) in [4.78, 5) is 13.1. The number of carbonyl (C=O) groups excluding carboxylic acids is 1. The van der Waals surface area contributed by atoms with E-state index in [2.05, 4.69) is 6.92 Å². The number of likely N-dealkylation sites (tertiary alicyclic amines) is 1. The van der Waals surface area contributed by atoms with Crippen LogP contribution in [-0.4, -0.2) is 44.2 Å². The summed E-state index contributed by atoms with van der Waals surface area (Å²) < 4.78 is 5.09. The van der Waals surface area contributed by atoms with Crippen molar-refractivity contribution in [2.45, 2.75) is 6.92 Å². The highest BCUT2D eigenvalue weighted by Gasteiger charge is 2.31. The first kappa shape index (κ1) is 10.5. The largest absolute Gasteiger partial charge is 0.384 e. The second-order valence-corrected chi connectivity index (χ2v) is 3.70. The second-order valence-electron chi connectivity index (χ2n) is 3.70. The fourth-order valence-electron chi connectivity index (χ4n) is 1.80. The minimum atomic E-state index is 0.0467. The molecule has 1 aliphatic heterocycles. The van der Waals surface area contributed by atoms with Gasteiger partial charge in [0.1, 0.15) is 0 Å². The predicted octanol–water partition coefficient (Wildman–Crippen LogP) is -0.314. The van der Waals surface area contributed by atoms with Gasteiger partial charge < -0.3 is 15.4 Å². The first-order chi connectivity index (χ1) is 6.19. The molecule has 4 heteroatoms. The van der Waals surface area contributed by atoms with E-state index < -0.39 is 0 Å². The molecule has 1 heterocycles. The van der Waals surface area contributed by atoms with Gasteiger partial charge in [0.05, 0.1) is 13.2 Å². The molecule has 0 saturated carbocycles. The summed E-state index contributed by atoms with van der Waals surface area (Å²) in [5.41, 5.74) is 5.29. The summed E-state index contributed by atoms with van der Waals surface area (Å²) in [6, 6.07) is 0. The standard InChI is InChI=1S/C9H18N2O2/c1-7-4-11(9(12)3-10)5-8(7)6-13-2/h7-8H,3-6,10H2,1-2H3/t7-,8-/m1/s1. The fraction of sp³-hybridized carbons (Fsp3) is 0.889. The van der Waals surface area contributed by atoms with Crippen LogP contribution in [0.3, 0.4) is 0 Å². The van der Waals surface area contributed by atoms with Crippen LogP contribution in [0.15, 0.2) is 0 Å². The van der Waals surface area contributed by atoms with E-state index in [1.165, 1.54) is 0 Å². The summed E-state index contributed by atoms with van der Waals surface area (Å²) in [6.45, 7) is 4.62. The Balaban J connectivity index is 2.44. The molecule has 0 aliphatic carbocycles. The molecule has 0 unspecified atom stereocenters. The van der Waals surface area contributed by atoms with Crippen LogP contribution in [0.1, 0.15) is 6.92 Å². The van der Waals surface area contributed by atoms with Crippen LogP contribution >= 0.6 is 0 Å². The predicted molar refractivity (Wildman–Crippen MR) is 50.2 cm³/mol. The lowest BCUT2D eigenvalue weighted by atomic mass is 10.00. The number of nitrogens with zero attached hydrogens (tertiary/aromatic N) is 1. The van der Waals surface area contributed by atoms with E-state index in [0.29, 0.717) is 11.8 Å². The van der Waals surface area contributed by atoms with E-state index >= 15 is 0 Å². The molecule has 76 valence electrons. The van der Waals surface area contributed by atoms with Crippen LogP contribution in [-0.2, 0) is 9.53 Å². The highest BCUT2D eigenvalue weighted by atomic mass is 16.5. The van der Waals surface area contributed by atoms with Crippen molar-refractivity contribution in [3.63, 3.8) is 0 Å². The number of hydrogen-bond donors (Lipinski definition) is 1. The van der Waals surface area contributed by atoms with Crippen molar-refractivity contribution in [2.75, 3.05) is 33.4 Å². The fourth-order valence-corrected chi connectivity index (χ4v) is 1.80. The zero-order valence-electron chi connectivity index (χ0n) is 8.32. The van der Waals surface area contributed by atoms with Gasteiger partial charge in [0.25, 0.3) is 0 Å². The normalized spacial score (nSPS) is 28.1. The zero-order chi connectivity index (χ0) is 9.84. The Morgan fingerprint density at radius 3 is 2.85 bits per heavy atom. The summed E-state index contributed by atoms with van der Waals surface area (Å²) in [5.74, 6) is 1.04. The van der Waals surface area contributed by atoms with Crippen LogP contribution in [0.2, 0.25) is 0 Å². The molecule has 2 atom stereocenters. The molecule has 4 nitrogen and oxygen atoms in total. The minimum Gasteiger partial charge on any atom is -0.384 e. The first-order valence-electron chi connectivity index (χ1n) is 4.65. The second kappa shape index (κ2) is 4.58. The number of rotatable bonds is 3. The molecule has 1 amide bonds. The van der Waals surface area contributed by atoms with Gasteiger partial charge in [-0.15, -0.1) is 0 Å². The number of ether oxygens (including phenoxy) is 1. The zero-order valence-corrected chi connectivity index (χ0v) is 8.32. The van der Waals surface area contributed by atoms with Crippen molar-refractivity contribution in [2.24, 2.45) is 17.6 Å². The Labute approximate surface area is 79.0 Å². The molecule has 0 spiro atoms. The molecule has 0 aromatic heterocycles. The maximum atomic E-state index is 11.3. The van der Waals surface area contributed by atoms with E-state index in [1.807, 2.05) is 4.90 Å². The molecule has 0 aromatic rings. The lowest BCUT2D eigenvalue weighted by Crippen LogP contribution is -2.34. The molecule has 0 bridgehead atoms. The number of methoxy groups -OCH3 is 1. The molecule has 13 heavy (non-hydrogen) atoms. The topological polar surface area (TPSA) is 55.6 Å². The summed E-state index contributed by atoms with van der Waals surface area (Å²) in [5, 5.41) is 0. The molecule has 1 fully saturated rings. The smallest absolute Gasteiger partial charge is 0.236 e. The van der Waals surface area contributed by atoms with Gasteiger partial charge in [-0.2, -0.15) is 0 Å². The monoisotopic (exact) mass is 186 g/mol. The third kappa shape index (κ3) is 2.42. The number of amides is 1. The van der Waals surface area contributed by atoms with E-state index in [9.17, 15) is 4.79 Å². The van der Waals surface area contributed by atoms with E-state index in [4.69, 9.17) is 10.5 Å². The Kier molecular flexibility index (Phi) is 3.69. The average Bonchev–Trinajstić information content (AvgIpc) is 2.47. The Hall–Kier alpha value is -0.610. The number of nitrogens with two attached hydrogens (primary N) is 1. The lowest BCUT2D eigenvalue weighted by Gasteiger charge is -2.14. The summed E-state index contributed by atoms with van der Waals surface area (Å²) >= 11 is 0. The highest BCUT2D eigenvalue weighted by Crippen LogP contribution is 2.22. The van der Waals surface area contributed by atoms with Gasteiger partial charge in [-0.05, 0) is 5.92 Å². The van der Waals surface area contributed by atoms with Gasteiger partial charge in [-0.25, -0.2) is 0 Å². The number of carbonyl (C=O) groups is 1. The van der Waals surface area contributed by atoms with E-state index in [0.717, 1.165) is 19.7 Å². The summed E-state index contributed by atoms with van der Waals surface area (Å²) in [7, 11) is 1.69. The maximum absolute atomic E-state index is 11.3. The SMILES string of the molecule is COC[C@H]1CN(C(=O)CN)C[C@H]1C. The van der Waals surface area contributed by atoms with Gasteiger partial charge in [0.15, 0.2) is 0 Å². The highest BCUT2D eigenvalue weighted by molar-refractivity contribution is 5.78. The van der Waals surface area contributed by atoms with Crippen LogP contribution in [0.5, 0.6) is 0 Å². The van der Waals surface area contributed by atoms with Gasteiger partial charge in [-0.3, -0.25) is 4.79 Å². The van der Waals surface area contributed by atoms with Crippen molar-refractivity contribution in [1.29, 1.82) is 0 Å². The third-order valence-electron chi connectivity index (χ3n) is 2.68. The minimum absolute atomic E-state index is 0.0467. The van der Waals surface area contributed by atoms with E-state index in [-0.39, 0.29) is 12.5 Å². The quantitative estimate of drug-likeness (QED) is 0.657. The van der Waals surface area contributed by atoms with Crippen molar-refractivity contribution in [3.05, 3.63) is 0 Å². The van der Waals surface area contributed by atoms with Crippen molar-refractivity contribution in [3.8, 4) is 0 Å². The van der Waals surface area contributed by atoms with E-state index in [1.54, 1.807) is 7.11 Å². The Morgan fingerprint density at radius 1 is 1.62 bits per heavy atom. The van der Waals surface area contributed by atoms with Crippen LogP contribution in [0, 0.1) is 11.8 Å². The van der Waals surface area contributed by atoms with Crippen LogP contribution < -0.4 is 5.73 Å². The van der Waals surface area contributed by atoms with Gasteiger partial charge in [-0.1, -0.05) is 6.92 Å². The average molecular weight is 186 g/mol. The summed E-state index contributed by atoms with van der Waals surface area (Å²) in [6.07, 6.45) is 0. The molecule has 2 N–H and O–H groups in total.